The summed E-state index contributed by atoms with van der Waals surface area (Å²) in [7, 11) is 0. The number of aromatic nitrogens is 2. The first-order valence-electron chi connectivity index (χ1n) is 4.69. The third-order valence-corrected chi connectivity index (χ3v) is 1.66. The Labute approximate surface area is 91.9 Å². The number of rotatable bonds is 5. The Morgan fingerprint density at radius 3 is 2.81 bits per heavy atom. The van der Waals surface area contributed by atoms with Crippen molar-refractivity contribution in [3.63, 3.8) is 0 Å². The molecular weight excluding hydrogens is 212 g/mol. The first kappa shape index (κ1) is 11.9. The Kier molecular flexibility index (Phi) is 4.19. The summed E-state index contributed by atoms with van der Waals surface area (Å²) in [5, 5.41) is 13.9. The van der Waals surface area contributed by atoms with Crippen LogP contribution in [0, 0.1) is 0 Å². The summed E-state index contributed by atoms with van der Waals surface area (Å²) >= 11 is 0. The monoisotopic (exact) mass is 224 g/mol. The molecule has 0 aliphatic heterocycles. The zero-order valence-corrected chi connectivity index (χ0v) is 8.73. The number of carbonyl (C=O) groups is 2. The van der Waals surface area contributed by atoms with Crippen LogP contribution in [0.25, 0.3) is 0 Å². The van der Waals surface area contributed by atoms with Crippen molar-refractivity contribution in [3.8, 4) is 0 Å². The molecule has 16 heavy (non-hydrogen) atoms. The van der Waals surface area contributed by atoms with Gasteiger partial charge in [-0.2, -0.15) is 0 Å². The van der Waals surface area contributed by atoms with Crippen molar-refractivity contribution in [3.05, 3.63) is 18.1 Å². The lowest BCUT2D eigenvalue weighted by atomic mass is 10.4. The summed E-state index contributed by atoms with van der Waals surface area (Å²) in [5.74, 6) is -1.09. The number of carboxylic acids is 1. The van der Waals surface area contributed by atoms with Crippen molar-refractivity contribution in [2.45, 2.75) is 6.92 Å². The van der Waals surface area contributed by atoms with Gasteiger partial charge in [0.2, 0.25) is 5.91 Å². The number of hydrogen-bond donors (Lipinski definition) is 3. The Hall–Kier alpha value is -2.18. The molecule has 0 unspecified atom stereocenters. The normalized spacial score (nSPS) is 9.56. The zero-order chi connectivity index (χ0) is 12.0. The molecule has 1 heterocycles. The van der Waals surface area contributed by atoms with E-state index in [1.54, 1.807) is 0 Å². The number of likely N-dealkylation sites (N-methyl/N-ethyl adjacent to an activating group) is 1. The summed E-state index contributed by atoms with van der Waals surface area (Å²) in [6, 6.07) is 0. The van der Waals surface area contributed by atoms with E-state index in [2.05, 4.69) is 20.6 Å². The van der Waals surface area contributed by atoms with E-state index < -0.39 is 5.97 Å². The van der Waals surface area contributed by atoms with Crippen LogP contribution in [0.3, 0.4) is 0 Å². The van der Waals surface area contributed by atoms with E-state index in [0.29, 0.717) is 6.54 Å². The van der Waals surface area contributed by atoms with E-state index >= 15 is 0 Å². The van der Waals surface area contributed by atoms with Crippen molar-refractivity contribution < 1.29 is 14.7 Å². The highest BCUT2D eigenvalue weighted by Gasteiger charge is 2.06. The highest BCUT2D eigenvalue weighted by molar-refractivity contribution is 5.85. The van der Waals surface area contributed by atoms with E-state index in [9.17, 15) is 9.59 Å². The molecule has 0 aliphatic rings. The Morgan fingerprint density at radius 1 is 1.44 bits per heavy atom. The number of carbonyl (C=O) groups excluding carboxylic acids is 1. The van der Waals surface area contributed by atoms with E-state index in [0.717, 1.165) is 6.20 Å². The van der Waals surface area contributed by atoms with Gasteiger partial charge < -0.3 is 15.7 Å². The number of anilines is 1. The summed E-state index contributed by atoms with van der Waals surface area (Å²) in [5.41, 5.74) is -0.166. The molecule has 0 fully saturated rings. The van der Waals surface area contributed by atoms with E-state index in [4.69, 9.17) is 5.11 Å². The van der Waals surface area contributed by atoms with Crippen molar-refractivity contribution in [1.82, 2.24) is 15.3 Å². The fourth-order valence-corrected chi connectivity index (χ4v) is 0.985. The molecule has 1 aromatic heterocycles. The minimum absolute atomic E-state index is 0.0333. The minimum atomic E-state index is -1.16. The lowest BCUT2D eigenvalue weighted by Gasteiger charge is -2.05. The quantitative estimate of drug-likeness (QED) is 0.635. The third-order valence-electron chi connectivity index (χ3n) is 1.66. The standard InChI is InChI=1S/C9H12N4O3/c1-2-11-8(14)5-12-7-4-10-3-6(13-7)9(15)16/h3-4H,2,5H2,1H3,(H,11,14)(H,12,13)(H,15,16). The average Bonchev–Trinajstić information content (AvgIpc) is 2.27. The molecule has 0 saturated carbocycles. The van der Waals surface area contributed by atoms with Crippen molar-refractivity contribution in [2.24, 2.45) is 0 Å². The van der Waals surface area contributed by atoms with Gasteiger partial charge in [0.05, 0.1) is 18.9 Å². The lowest BCUT2D eigenvalue weighted by Crippen LogP contribution is -2.29. The molecule has 1 rings (SSSR count). The maximum Gasteiger partial charge on any atom is 0.356 e. The predicted octanol–water partition coefficient (Wildman–Crippen LogP) is -0.277. The fourth-order valence-electron chi connectivity index (χ4n) is 0.985. The second kappa shape index (κ2) is 5.64. The molecule has 0 bridgehead atoms. The summed E-state index contributed by atoms with van der Waals surface area (Å²) < 4.78 is 0. The highest BCUT2D eigenvalue weighted by Crippen LogP contribution is 2.01. The number of aromatic carboxylic acids is 1. The molecule has 3 N–H and O–H groups in total. The smallest absolute Gasteiger partial charge is 0.356 e. The van der Waals surface area contributed by atoms with Crippen LogP contribution in [-0.4, -0.2) is 40.0 Å². The highest BCUT2D eigenvalue weighted by atomic mass is 16.4. The predicted molar refractivity (Wildman–Crippen MR) is 56.2 cm³/mol. The number of hydrogen-bond acceptors (Lipinski definition) is 5. The molecule has 1 aromatic rings. The van der Waals surface area contributed by atoms with Gasteiger partial charge in [-0.15, -0.1) is 0 Å². The molecule has 7 nitrogen and oxygen atoms in total. The molecule has 0 atom stereocenters. The van der Waals surface area contributed by atoms with E-state index in [1.807, 2.05) is 6.92 Å². The van der Waals surface area contributed by atoms with Crippen molar-refractivity contribution in [2.75, 3.05) is 18.4 Å². The van der Waals surface area contributed by atoms with E-state index in [1.165, 1.54) is 6.20 Å². The molecular formula is C9H12N4O3. The number of nitrogens with zero attached hydrogens (tertiary/aromatic N) is 2. The Morgan fingerprint density at radius 2 is 2.19 bits per heavy atom. The molecule has 0 radical (unpaired) electrons. The molecule has 7 heteroatoms. The van der Waals surface area contributed by atoms with Crippen LogP contribution in [0.1, 0.15) is 17.4 Å². The van der Waals surface area contributed by atoms with Gasteiger partial charge in [0.15, 0.2) is 5.69 Å². The van der Waals surface area contributed by atoms with Gasteiger partial charge in [-0.05, 0) is 6.92 Å². The van der Waals surface area contributed by atoms with Gasteiger partial charge in [0.1, 0.15) is 5.82 Å². The summed E-state index contributed by atoms with van der Waals surface area (Å²) in [4.78, 5) is 29.1. The topological polar surface area (TPSA) is 104 Å². The lowest BCUT2D eigenvalue weighted by molar-refractivity contribution is -0.119. The third kappa shape index (κ3) is 3.52. The summed E-state index contributed by atoms with van der Waals surface area (Å²) in [6.45, 7) is 2.38. The second-order valence-electron chi connectivity index (χ2n) is 2.90. The summed E-state index contributed by atoms with van der Waals surface area (Å²) in [6.07, 6.45) is 2.49. The van der Waals surface area contributed by atoms with Crippen LogP contribution < -0.4 is 10.6 Å². The largest absolute Gasteiger partial charge is 0.476 e. The fraction of sp³-hybridized carbons (Fsp3) is 0.333. The van der Waals surface area contributed by atoms with Crippen LogP contribution in [0.5, 0.6) is 0 Å². The first-order chi connectivity index (χ1) is 7.63. The van der Waals surface area contributed by atoms with Gasteiger partial charge in [-0.25, -0.2) is 9.78 Å². The number of nitrogens with one attached hydrogen (secondary N) is 2. The Bertz CT molecular complexity index is 394. The average molecular weight is 224 g/mol. The van der Waals surface area contributed by atoms with Crippen molar-refractivity contribution >= 4 is 17.7 Å². The van der Waals surface area contributed by atoms with Gasteiger partial charge in [0, 0.05) is 6.54 Å². The number of carboxylic acid groups (broad SMARTS) is 1. The number of amides is 1. The van der Waals surface area contributed by atoms with E-state index in [-0.39, 0.29) is 24.0 Å². The zero-order valence-electron chi connectivity index (χ0n) is 8.73. The first-order valence-corrected chi connectivity index (χ1v) is 4.69. The molecule has 86 valence electrons. The van der Waals surface area contributed by atoms with Crippen LogP contribution >= 0.6 is 0 Å². The Balaban J connectivity index is 2.57. The second-order valence-corrected chi connectivity index (χ2v) is 2.90. The molecule has 0 aromatic carbocycles. The van der Waals surface area contributed by atoms with Crippen LogP contribution in [0.2, 0.25) is 0 Å². The maximum atomic E-state index is 11.1. The van der Waals surface area contributed by atoms with Gasteiger partial charge in [-0.3, -0.25) is 9.78 Å². The minimum Gasteiger partial charge on any atom is -0.476 e. The maximum absolute atomic E-state index is 11.1. The molecule has 1 amide bonds. The van der Waals surface area contributed by atoms with Crippen LogP contribution in [0.15, 0.2) is 12.4 Å². The molecule has 0 aliphatic carbocycles. The van der Waals surface area contributed by atoms with Gasteiger partial charge in [-0.1, -0.05) is 0 Å². The van der Waals surface area contributed by atoms with Gasteiger partial charge in [0.25, 0.3) is 0 Å². The molecule has 0 spiro atoms. The molecule has 0 saturated heterocycles. The van der Waals surface area contributed by atoms with Crippen LogP contribution in [0.4, 0.5) is 5.82 Å². The van der Waals surface area contributed by atoms with Crippen LogP contribution in [-0.2, 0) is 4.79 Å². The van der Waals surface area contributed by atoms with Gasteiger partial charge >= 0.3 is 5.97 Å². The SMILES string of the molecule is CCNC(=O)CNc1cncc(C(=O)O)n1. The van der Waals surface area contributed by atoms with Crippen molar-refractivity contribution in [1.29, 1.82) is 0 Å².